The van der Waals surface area contributed by atoms with Gasteiger partial charge in [0.25, 0.3) is 0 Å². The van der Waals surface area contributed by atoms with Crippen molar-refractivity contribution < 1.29 is 14.3 Å². The number of ether oxygens (including phenoxy) is 2. The fourth-order valence-electron chi connectivity index (χ4n) is 1.82. The van der Waals surface area contributed by atoms with Crippen LogP contribution in [-0.4, -0.2) is 32.8 Å². The summed E-state index contributed by atoms with van der Waals surface area (Å²) in [6.07, 6.45) is 1.05. The van der Waals surface area contributed by atoms with E-state index in [1.54, 1.807) is 7.05 Å². The van der Waals surface area contributed by atoms with Crippen LogP contribution in [0, 0.1) is 0 Å². The van der Waals surface area contributed by atoms with E-state index < -0.39 is 6.04 Å². The first kappa shape index (κ1) is 15.5. The van der Waals surface area contributed by atoms with Crippen molar-refractivity contribution in [1.82, 2.24) is 5.32 Å². The SMILES string of the molecule is CCC(C)c1ccccc1OCC(NC)C(=O)OC. The molecule has 0 radical (unpaired) electrons. The van der Waals surface area contributed by atoms with E-state index in [0.717, 1.165) is 12.2 Å². The van der Waals surface area contributed by atoms with Gasteiger partial charge in [-0.25, -0.2) is 0 Å². The number of esters is 1. The number of likely N-dealkylation sites (N-methyl/N-ethyl adjacent to an activating group) is 1. The second kappa shape index (κ2) is 7.79. The third kappa shape index (κ3) is 4.24. The van der Waals surface area contributed by atoms with Crippen LogP contribution in [0.5, 0.6) is 5.75 Å². The van der Waals surface area contributed by atoms with Crippen molar-refractivity contribution in [2.75, 3.05) is 20.8 Å². The molecule has 0 bridgehead atoms. The lowest BCUT2D eigenvalue weighted by Gasteiger charge is -2.18. The van der Waals surface area contributed by atoms with Gasteiger partial charge in [0.15, 0.2) is 0 Å². The zero-order valence-corrected chi connectivity index (χ0v) is 12.1. The van der Waals surface area contributed by atoms with Crippen molar-refractivity contribution in [2.45, 2.75) is 32.2 Å². The Hall–Kier alpha value is -1.55. The molecular weight excluding hydrogens is 242 g/mol. The Kier molecular flexibility index (Phi) is 6.36. The van der Waals surface area contributed by atoms with E-state index in [4.69, 9.17) is 9.47 Å². The largest absolute Gasteiger partial charge is 0.491 e. The Bertz CT molecular complexity index is 406. The number of benzene rings is 1. The molecule has 1 aromatic rings. The second-order valence-corrected chi connectivity index (χ2v) is 4.52. The minimum absolute atomic E-state index is 0.261. The summed E-state index contributed by atoms with van der Waals surface area (Å²) in [5.74, 6) is 0.951. The highest BCUT2D eigenvalue weighted by molar-refractivity contribution is 5.75. The molecule has 0 fully saturated rings. The van der Waals surface area contributed by atoms with Crippen LogP contribution in [0.15, 0.2) is 24.3 Å². The molecule has 2 atom stereocenters. The average molecular weight is 265 g/mol. The van der Waals surface area contributed by atoms with E-state index in [0.29, 0.717) is 5.92 Å². The second-order valence-electron chi connectivity index (χ2n) is 4.52. The van der Waals surface area contributed by atoms with Gasteiger partial charge in [-0.2, -0.15) is 0 Å². The Morgan fingerprint density at radius 1 is 1.37 bits per heavy atom. The van der Waals surface area contributed by atoms with E-state index in [2.05, 4.69) is 25.2 Å². The molecule has 0 saturated carbocycles. The number of methoxy groups -OCH3 is 1. The van der Waals surface area contributed by atoms with Crippen molar-refractivity contribution in [3.8, 4) is 5.75 Å². The van der Waals surface area contributed by atoms with Crippen molar-refractivity contribution in [3.05, 3.63) is 29.8 Å². The normalized spacial score (nSPS) is 13.7. The van der Waals surface area contributed by atoms with Crippen LogP contribution in [0.4, 0.5) is 0 Å². The first-order valence-electron chi connectivity index (χ1n) is 6.60. The third-order valence-electron chi connectivity index (χ3n) is 3.30. The zero-order chi connectivity index (χ0) is 14.3. The number of carbonyl (C=O) groups is 1. The van der Waals surface area contributed by atoms with Crippen LogP contribution in [0.1, 0.15) is 31.7 Å². The van der Waals surface area contributed by atoms with E-state index in [1.807, 2.05) is 18.2 Å². The number of carbonyl (C=O) groups excluding carboxylic acids is 1. The highest BCUT2D eigenvalue weighted by Crippen LogP contribution is 2.28. The lowest BCUT2D eigenvalue weighted by molar-refractivity contribution is -0.143. The highest BCUT2D eigenvalue weighted by Gasteiger charge is 2.18. The summed E-state index contributed by atoms with van der Waals surface area (Å²) in [7, 11) is 3.09. The van der Waals surface area contributed by atoms with Gasteiger partial charge in [-0.15, -0.1) is 0 Å². The van der Waals surface area contributed by atoms with Crippen LogP contribution in [0.25, 0.3) is 0 Å². The molecule has 2 unspecified atom stereocenters. The molecule has 0 amide bonds. The number of hydrogen-bond donors (Lipinski definition) is 1. The molecule has 0 aliphatic rings. The van der Waals surface area contributed by atoms with E-state index in [1.165, 1.54) is 12.7 Å². The smallest absolute Gasteiger partial charge is 0.326 e. The predicted molar refractivity (Wildman–Crippen MR) is 75.5 cm³/mol. The van der Waals surface area contributed by atoms with Crippen LogP contribution < -0.4 is 10.1 Å². The number of hydrogen-bond acceptors (Lipinski definition) is 4. The molecular formula is C15H23NO3. The van der Waals surface area contributed by atoms with Gasteiger partial charge in [0, 0.05) is 0 Å². The third-order valence-corrected chi connectivity index (χ3v) is 3.30. The van der Waals surface area contributed by atoms with Gasteiger partial charge in [-0.3, -0.25) is 4.79 Å². The maximum absolute atomic E-state index is 11.5. The first-order valence-corrected chi connectivity index (χ1v) is 6.60. The molecule has 1 aromatic carbocycles. The maximum Gasteiger partial charge on any atom is 0.326 e. The molecule has 19 heavy (non-hydrogen) atoms. The fraction of sp³-hybridized carbons (Fsp3) is 0.533. The van der Waals surface area contributed by atoms with Crippen molar-refractivity contribution in [3.63, 3.8) is 0 Å². The molecule has 0 aliphatic heterocycles. The van der Waals surface area contributed by atoms with E-state index in [-0.39, 0.29) is 12.6 Å². The molecule has 0 saturated heterocycles. The quantitative estimate of drug-likeness (QED) is 0.769. The van der Waals surface area contributed by atoms with Gasteiger partial charge >= 0.3 is 5.97 Å². The van der Waals surface area contributed by atoms with Crippen LogP contribution in [0.2, 0.25) is 0 Å². The Balaban J connectivity index is 2.74. The maximum atomic E-state index is 11.5. The highest BCUT2D eigenvalue weighted by atomic mass is 16.5. The molecule has 1 rings (SSSR count). The van der Waals surface area contributed by atoms with Crippen LogP contribution in [0.3, 0.4) is 0 Å². The van der Waals surface area contributed by atoms with Gasteiger partial charge in [0.1, 0.15) is 18.4 Å². The lowest BCUT2D eigenvalue weighted by Crippen LogP contribution is -2.40. The summed E-state index contributed by atoms with van der Waals surface area (Å²) in [6, 6.07) is 7.49. The predicted octanol–water partition coefficient (Wildman–Crippen LogP) is 2.34. The number of nitrogens with one attached hydrogen (secondary N) is 1. The molecule has 0 spiro atoms. The topological polar surface area (TPSA) is 47.6 Å². The van der Waals surface area contributed by atoms with Gasteiger partial charge in [0.2, 0.25) is 0 Å². The summed E-state index contributed by atoms with van der Waals surface area (Å²) < 4.78 is 10.5. The molecule has 0 heterocycles. The lowest BCUT2D eigenvalue weighted by atomic mass is 9.98. The summed E-state index contributed by atoms with van der Waals surface area (Å²) in [4.78, 5) is 11.5. The summed E-state index contributed by atoms with van der Waals surface area (Å²) in [5, 5.41) is 2.89. The minimum atomic E-state index is -0.449. The molecule has 0 aliphatic carbocycles. The fourth-order valence-corrected chi connectivity index (χ4v) is 1.82. The van der Waals surface area contributed by atoms with E-state index in [9.17, 15) is 4.79 Å². The average Bonchev–Trinajstić information content (AvgIpc) is 2.47. The Morgan fingerprint density at radius 3 is 2.63 bits per heavy atom. The van der Waals surface area contributed by atoms with Crippen molar-refractivity contribution in [1.29, 1.82) is 0 Å². The first-order chi connectivity index (χ1) is 9.13. The van der Waals surface area contributed by atoms with Gasteiger partial charge in [0.05, 0.1) is 7.11 Å². The molecule has 4 heteroatoms. The number of rotatable bonds is 7. The standard InChI is InChI=1S/C15H23NO3/c1-5-11(2)12-8-6-7-9-14(12)19-10-13(16-3)15(17)18-4/h6-9,11,13,16H,5,10H2,1-4H3. The Morgan fingerprint density at radius 2 is 2.05 bits per heavy atom. The van der Waals surface area contributed by atoms with Gasteiger partial charge in [-0.05, 0) is 31.0 Å². The molecule has 1 N–H and O–H groups in total. The van der Waals surface area contributed by atoms with Crippen molar-refractivity contribution >= 4 is 5.97 Å². The van der Waals surface area contributed by atoms with Gasteiger partial charge < -0.3 is 14.8 Å². The Labute approximate surface area is 115 Å². The molecule has 0 aromatic heterocycles. The summed E-state index contributed by atoms with van der Waals surface area (Å²) in [5.41, 5.74) is 1.17. The van der Waals surface area contributed by atoms with Crippen LogP contribution in [-0.2, 0) is 9.53 Å². The minimum Gasteiger partial charge on any atom is -0.491 e. The summed E-state index contributed by atoms with van der Waals surface area (Å²) >= 11 is 0. The van der Waals surface area contributed by atoms with Gasteiger partial charge in [-0.1, -0.05) is 32.0 Å². The van der Waals surface area contributed by atoms with E-state index >= 15 is 0 Å². The molecule has 4 nitrogen and oxygen atoms in total. The van der Waals surface area contributed by atoms with Crippen molar-refractivity contribution in [2.24, 2.45) is 0 Å². The van der Waals surface area contributed by atoms with Crippen LogP contribution >= 0.6 is 0 Å². The zero-order valence-electron chi connectivity index (χ0n) is 12.1. The number of para-hydroxylation sites is 1. The summed E-state index contributed by atoms with van der Waals surface area (Å²) in [6.45, 7) is 4.57. The molecule has 106 valence electrons. The monoisotopic (exact) mass is 265 g/mol.